The van der Waals surface area contributed by atoms with Crippen molar-refractivity contribution in [3.8, 4) is 5.75 Å². The van der Waals surface area contributed by atoms with Crippen molar-refractivity contribution >= 4 is 23.0 Å². The lowest BCUT2D eigenvalue weighted by molar-refractivity contribution is -0.118. The molecule has 0 atom stereocenters. The number of nitrogens with two attached hydrogens (primary N) is 1. The Kier molecular flexibility index (Phi) is 6.19. The smallest absolute Gasteiger partial charge is 0.262 e. The number of ether oxygens (including phenoxy) is 1. The van der Waals surface area contributed by atoms with Crippen molar-refractivity contribution in [1.82, 2.24) is 4.90 Å². The van der Waals surface area contributed by atoms with E-state index in [9.17, 15) is 4.79 Å². The first-order valence-electron chi connectivity index (χ1n) is 9.41. The van der Waals surface area contributed by atoms with Gasteiger partial charge >= 0.3 is 0 Å². The lowest BCUT2D eigenvalue weighted by Gasteiger charge is -2.36. The van der Waals surface area contributed by atoms with Gasteiger partial charge in [-0.1, -0.05) is 19.1 Å². The SMILES string of the molecule is CCN1CCN(c2ccc(N)cc2NC(=O)COc2cccc(C)c2)CC1. The molecule has 3 N–H and O–H groups in total. The second-order valence-electron chi connectivity index (χ2n) is 6.85. The summed E-state index contributed by atoms with van der Waals surface area (Å²) in [5.41, 5.74) is 9.41. The molecular weight excluding hydrogens is 340 g/mol. The molecule has 2 aromatic carbocycles. The van der Waals surface area contributed by atoms with E-state index >= 15 is 0 Å². The number of hydrogen-bond acceptors (Lipinski definition) is 5. The van der Waals surface area contributed by atoms with Gasteiger partial charge in [0.15, 0.2) is 6.61 Å². The van der Waals surface area contributed by atoms with Gasteiger partial charge in [-0.2, -0.15) is 0 Å². The fourth-order valence-corrected chi connectivity index (χ4v) is 3.27. The third-order valence-electron chi connectivity index (χ3n) is 4.81. The first-order valence-corrected chi connectivity index (χ1v) is 9.41. The summed E-state index contributed by atoms with van der Waals surface area (Å²) < 4.78 is 5.60. The number of benzene rings is 2. The average molecular weight is 368 g/mol. The Morgan fingerprint density at radius 3 is 2.63 bits per heavy atom. The van der Waals surface area contributed by atoms with Crippen molar-refractivity contribution in [3.63, 3.8) is 0 Å². The topological polar surface area (TPSA) is 70.8 Å². The van der Waals surface area contributed by atoms with Gasteiger partial charge in [-0.05, 0) is 49.4 Å². The van der Waals surface area contributed by atoms with Gasteiger partial charge in [0.2, 0.25) is 0 Å². The summed E-state index contributed by atoms with van der Waals surface area (Å²) in [5.74, 6) is 0.490. The van der Waals surface area contributed by atoms with Crippen LogP contribution in [-0.4, -0.2) is 50.1 Å². The predicted molar refractivity (Wildman–Crippen MR) is 110 cm³/mol. The van der Waals surface area contributed by atoms with Gasteiger partial charge < -0.3 is 25.6 Å². The zero-order chi connectivity index (χ0) is 19.2. The fraction of sp³-hybridized carbons (Fsp3) is 0.381. The van der Waals surface area contributed by atoms with Crippen LogP contribution in [0.5, 0.6) is 5.75 Å². The van der Waals surface area contributed by atoms with E-state index in [0.29, 0.717) is 11.4 Å². The van der Waals surface area contributed by atoms with Crippen molar-refractivity contribution in [2.24, 2.45) is 0 Å². The van der Waals surface area contributed by atoms with E-state index in [1.54, 1.807) is 0 Å². The van der Waals surface area contributed by atoms with Crippen molar-refractivity contribution in [1.29, 1.82) is 0 Å². The molecule has 0 radical (unpaired) electrons. The third kappa shape index (κ3) is 5.14. The Morgan fingerprint density at radius 1 is 1.15 bits per heavy atom. The van der Waals surface area contributed by atoms with Gasteiger partial charge in [-0.15, -0.1) is 0 Å². The van der Waals surface area contributed by atoms with Crippen LogP contribution < -0.4 is 20.7 Å². The van der Waals surface area contributed by atoms with Crippen LogP contribution in [0.2, 0.25) is 0 Å². The van der Waals surface area contributed by atoms with Crippen LogP contribution in [0.1, 0.15) is 12.5 Å². The number of piperazine rings is 1. The van der Waals surface area contributed by atoms with E-state index in [1.165, 1.54) is 0 Å². The highest BCUT2D eigenvalue weighted by atomic mass is 16.5. The number of amides is 1. The Morgan fingerprint density at radius 2 is 1.93 bits per heavy atom. The maximum Gasteiger partial charge on any atom is 0.262 e. The van der Waals surface area contributed by atoms with E-state index in [-0.39, 0.29) is 12.5 Å². The molecule has 0 bridgehead atoms. The molecule has 1 heterocycles. The van der Waals surface area contributed by atoms with E-state index in [4.69, 9.17) is 10.5 Å². The highest BCUT2D eigenvalue weighted by Crippen LogP contribution is 2.29. The number of nitrogen functional groups attached to an aromatic ring is 1. The Balaban J connectivity index is 1.65. The fourth-order valence-electron chi connectivity index (χ4n) is 3.27. The number of rotatable bonds is 6. The zero-order valence-electron chi connectivity index (χ0n) is 16.1. The lowest BCUT2D eigenvalue weighted by Crippen LogP contribution is -2.46. The molecule has 0 unspecified atom stereocenters. The van der Waals surface area contributed by atoms with Crippen molar-refractivity contribution in [3.05, 3.63) is 48.0 Å². The molecule has 1 aliphatic rings. The minimum absolute atomic E-state index is 0.0404. The summed E-state index contributed by atoms with van der Waals surface area (Å²) in [5, 5.41) is 2.96. The molecule has 27 heavy (non-hydrogen) atoms. The lowest BCUT2D eigenvalue weighted by atomic mass is 10.2. The summed E-state index contributed by atoms with van der Waals surface area (Å²) in [6, 6.07) is 13.3. The maximum absolute atomic E-state index is 12.4. The Bertz CT molecular complexity index is 786. The molecule has 0 aromatic heterocycles. The highest BCUT2D eigenvalue weighted by molar-refractivity contribution is 5.96. The summed E-state index contributed by atoms with van der Waals surface area (Å²) in [6.45, 7) is 9.09. The molecule has 0 saturated carbocycles. The van der Waals surface area contributed by atoms with Crippen molar-refractivity contribution in [2.45, 2.75) is 13.8 Å². The van der Waals surface area contributed by atoms with E-state index in [2.05, 4.69) is 22.0 Å². The number of carbonyl (C=O) groups is 1. The van der Waals surface area contributed by atoms with Gasteiger partial charge in [0.1, 0.15) is 5.75 Å². The molecule has 0 spiro atoms. The molecule has 0 aliphatic carbocycles. The van der Waals surface area contributed by atoms with Crippen LogP contribution in [0, 0.1) is 6.92 Å². The average Bonchev–Trinajstić information content (AvgIpc) is 2.67. The zero-order valence-corrected chi connectivity index (χ0v) is 16.1. The van der Waals surface area contributed by atoms with Gasteiger partial charge in [0, 0.05) is 31.9 Å². The quantitative estimate of drug-likeness (QED) is 0.767. The number of nitrogens with one attached hydrogen (secondary N) is 1. The highest BCUT2D eigenvalue weighted by Gasteiger charge is 2.19. The van der Waals surface area contributed by atoms with Gasteiger partial charge in [-0.3, -0.25) is 4.79 Å². The predicted octanol–water partition coefficient (Wildman–Crippen LogP) is 2.74. The monoisotopic (exact) mass is 368 g/mol. The summed E-state index contributed by atoms with van der Waals surface area (Å²) in [7, 11) is 0. The molecule has 1 amide bonds. The maximum atomic E-state index is 12.4. The molecule has 6 nitrogen and oxygen atoms in total. The molecule has 1 saturated heterocycles. The molecule has 144 valence electrons. The number of aryl methyl sites for hydroxylation is 1. The van der Waals surface area contributed by atoms with E-state index in [1.807, 2.05) is 49.4 Å². The second kappa shape index (κ2) is 8.77. The molecule has 2 aromatic rings. The molecule has 1 fully saturated rings. The van der Waals surface area contributed by atoms with Gasteiger partial charge in [-0.25, -0.2) is 0 Å². The molecular formula is C21H28N4O2. The van der Waals surface area contributed by atoms with Crippen molar-refractivity contribution in [2.75, 3.05) is 55.3 Å². The number of carbonyl (C=O) groups excluding carboxylic acids is 1. The third-order valence-corrected chi connectivity index (χ3v) is 4.81. The first-order chi connectivity index (χ1) is 13.0. The first kappa shape index (κ1) is 19.0. The Hall–Kier alpha value is -2.73. The minimum Gasteiger partial charge on any atom is -0.484 e. The number of nitrogens with zero attached hydrogens (tertiary/aromatic N) is 2. The van der Waals surface area contributed by atoms with Gasteiger partial charge in [0.05, 0.1) is 11.4 Å². The largest absolute Gasteiger partial charge is 0.484 e. The molecule has 3 rings (SSSR count). The van der Waals surface area contributed by atoms with Crippen LogP contribution in [0.15, 0.2) is 42.5 Å². The summed E-state index contributed by atoms with van der Waals surface area (Å²) >= 11 is 0. The van der Waals surface area contributed by atoms with Crippen LogP contribution in [0.25, 0.3) is 0 Å². The van der Waals surface area contributed by atoms with Crippen molar-refractivity contribution < 1.29 is 9.53 Å². The van der Waals surface area contributed by atoms with Crippen LogP contribution >= 0.6 is 0 Å². The van der Waals surface area contributed by atoms with E-state index in [0.717, 1.165) is 49.7 Å². The normalized spacial score (nSPS) is 14.8. The number of anilines is 3. The molecule has 6 heteroatoms. The number of hydrogen-bond donors (Lipinski definition) is 2. The number of likely N-dealkylation sites (N-methyl/N-ethyl adjacent to an activating group) is 1. The van der Waals surface area contributed by atoms with Crippen LogP contribution in [0.4, 0.5) is 17.1 Å². The van der Waals surface area contributed by atoms with Gasteiger partial charge in [0.25, 0.3) is 5.91 Å². The summed E-state index contributed by atoms with van der Waals surface area (Å²) in [4.78, 5) is 17.1. The minimum atomic E-state index is -0.199. The van der Waals surface area contributed by atoms with Crippen LogP contribution in [0.3, 0.4) is 0 Å². The van der Waals surface area contributed by atoms with E-state index < -0.39 is 0 Å². The second-order valence-corrected chi connectivity index (χ2v) is 6.85. The summed E-state index contributed by atoms with van der Waals surface area (Å²) in [6.07, 6.45) is 0. The standard InChI is InChI=1S/C21H28N4O2/c1-3-24-9-11-25(12-10-24)20-8-7-17(22)14-19(20)23-21(26)15-27-18-6-4-5-16(2)13-18/h4-8,13-14H,3,9-12,15,22H2,1-2H3,(H,23,26). The molecule has 1 aliphatic heterocycles. The Labute approximate surface area is 160 Å². The van der Waals surface area contributed by atoms with Crippen LogP contribution in [-0.2, 0) is 4.79 Å².